The first kappa shape index (κ1) is 17.7. The maximum Gasteiger partial charge on any atom is 0.417 e. The lowest BCUT2D eigenvalue weighted by molar-refractivity contribution is -0.137. The molecule has 0 aliphatic rings. The lowest BCUT2D eigenvalue weighted by Crippen LogP contribution is -2.29. The molecule has 0 aliphatic heterocycles. The molecule has 1 atom stereocenters. The van der Waals surface area contributed by atoms with Gasteiger partial charge in [0.25, 0.3) is 0 Å². The van der Waals surface area contributed by atoms with Crippen molar-refractivity contribution in [2.24, 2.45) is 7.05 Å². The molecule has 2 aromatic rings. The van der Waals surface area contributed by atoms with Gasteiger partial charge >= 0.3 is 6.18 Å². The zero-order valence-electron chi connectivity index (χ0n) is 13.3. The van der Waals surface area contributed by atoms with Crippen molar-refractivity contribution in [3.05, 3.63) is 35.0 Å². The zero-order valence-corrected chi connectivity index (χ0v) is 14.1. The summed E-state index contributed by atoms with van der Waals surface area (Å²) in [6.45, 7) is 1.90. The van der Waals surface area contributed by atoms with Crippen LogP contribution in [0.3, 0.4) is 0 Å². The molecule has 0 fully saturated rings. The van der Waals surface area contributed by atoms with Gasteiger partial charge in [-0.2, -0.15) is 30.2 Å². The molecule has 0 radical (unpaired) electrons. The van der Waals surface area contributed by atoms with Gasteiger partial charge in [-0.25, -0.2) is 0 Å². The van der Waals surface area contributed by atoms with Crippen molar-refractivity contribution in [3.8, 4) is 6.07 Å². The van der Waals surface area contributed by atoms with Crippen LogP contribution < -0.4 is 0 Å². The zero-order chi connectivity index (χ0) is 17.4. The van der Waals surface area contributed by atoms with Gasteiger partial charge < -0.3 is 9.30 Å². The molecule has 0 aliphatic carbocycles. The molecule has 0 saturated heterocycles. The Labute approximate surface area is 137 Å². The minimum atomic E-state index is -4.56. The molecule has 1 aromatic carbocycles. The van der Waals surface area contributed by atoms with Crippen LogP contribution in [0, 0.1) is 11.3 Å². The summed E-state index contributed by atoms with van der Waals surface area (Å²) in [7, 11) is 3.29. The van der Waals surface area contributed by atoms with Gasteiger partial charge in [0.2, 0.25) is 0 Å². The molecule has 1 aromatic heterocycles. The fourth-order valence-electron chi connectivity index (χ4n) is 2.73. The number of thioether (sulfide) groups is 1. The Balaban J connectivity index is 2.75. The summed E-state index contributed by atoms with van der Waals surface area (Å²) < 4.78 is 46.7. The van der Waals surface area contributed by atoms with Crippen molar-refractivity contribution < 1.29 is 17.9 Å². The maximum atomic E-state index is 13.1. The van der Waals surface area contributed by atoms with Crippen LogP contribution in [0.25, 0.3) is 10.9 Å². The number of hydrogen-bond donors (Lipinski definition) is 0. The van der Waals surface area contributed by atoms with E-state index in [4.69, 9.17) is 10.00 Å². The number of halogens is 3. The number of methoxy groups -OCH3 is 1. The van der Waals surface area contributed by atoms with Gasteiger partial charge in [0.05, 0.1) is 22.9 Å². The lowest BCUT2D eigenvalue weighted by atomic mass is 10.0. The SMILES string of the molecule is COC(C)(CSC)c1cc2cc(C#N)c(C(F)(F)F)cc2n1C. The summed E-state index contributed by atoms with van der Waals surface area (Å²) in [6, 6.07) is 5.75. The predicted molar refractivity (Wildman–Crippen MR) is 85.4 cm³/mol. The van der Waals surface area contributed by atoms with Gasteiger partial charge in [-0.1, -0.05) is 0 Å². The van der Waals surface area contributed by atoms with Crippen molar-refractivity contribution in [2.45, 2.75) is 18.7 Å². The summed E-state index contributed by atoms with van der Waals surface area (Å²) in [5, 5.41) is 9.62. The smallest absolute Gasteiger partial charge is 0.371 e. The first-order chi connectivity index (χ1) is 10.7. The van der Waals surface area contributed by atoms with E-state index in [1.807, 2.05) is 13.2 Å². The number of hydrogen-bond acceptors (Lipinski definition) is 3. The van der Waals surface area contributed by atoms with Crippen LogP contribution in [0.5, 0.6) is 0 Å². The van der Waals surface area contributed by atoms with E-state index in [0.717, 1.165) is 11.8 Å². The minimum absolute atomic E-state index is 0.369. The molecule has 1 heterocycles. The molecule has 23 heavy (non-hydrogen) atoms. The normalized spacial score (nSPS) is 14.7. The highest BCUT2D eigenvalue weighted by atomic mass is 32.2. The van der Waals surface area contributed by atoms with E-state index >= 15 is 0 Å². The van der Waals surface area contributed by atoms with Crippen molar-refractivity contribution in [2.75, 3.05) is 19.1 Å². The van der Waals surface area contributed by atoms with Crippen molar-refractivity contribution in [3.63, 3.8) is 0 Å². The van der Waals surface area contributed by atoms with Crippen LogP contribution in [0.15, 0.2) is 18.2 Å². The predicted octanol–water partition coefficient (Wildman–Crippen LogP) is 4.29. The highest BCUT2D eigenvalue weighted by Gasteiger charge is 2.35. The third kappa shape index (κ3) is 3.06. The largest absolute Gasteiger partial charge is 0.417 e. The average Bonchev–Trinajstić information content (AvgIpc) is 2.82. The van der Waals surface area contributed by atoms with E-state index in [1.54, 1.807) is 42.6 Å². The van der Waals surface area contributed by atoms with Crippen molar-refractivity contribution in [1.82, 2.24) is 4.57 Å². The molecule has 0 amide bonds. The molecular weight excluding hydrogens is 325 g/mol. The molecule has 0 N–H and O–H groups in total. The Hall–Kier alpha value is -1.65. The topological polar surface area (TPSA) is 37.9 Å². The molecule has 0 saturated carbocycles. The van der Waals surface area contributed by atoms with Crippen LogP contribution >= 0.6 is 11.8 Å². The summed E-state index contributed by atoms with van der Waals surface area (Å²) in [5.41, 5.74) is -0.711. The third-order valence-corrected chi connectivity index (χ3v) is 4.86. The molecule has 124 valence electrons. The van der Waals surface area contributed by atoms with E-state index in [9.17, 15) is 13.2 Å². The van der Waals surface area contributed by atoms with Crippen LogP contribution in [0.1, 0.15) is 23.7 Å². The van der Waals surface area contributed by atoms with Crippen LogP contribution in [-0.2, 0) is 23.6 Å². The summed E-state index contributed by atoms with van der Waals surface area (Å²) in [4.78, 5) is 0. The molecule has 3 nitrogen and oxygen atoms in total. The van der Waals surface area contributed by atoms with E-state index in [-0.39, 0.29) is 5.56 Å². The summed E-state index contributed by atoms with van der Waals surface area (Å²) in [6.07, 6.45) is -2.62. The Morgan fingerprint density at radius 2 is 1.96 bits per heavy atom. The van der Waals surface area contributed by atoms with E-state index in [1.165, 1.54) is 6.07 Å². The second-order valence-electron chi connectivity index (χ2n) is 5.52. The number of alkyl halides is 3. The van der Waals surface area contributed by atoms with Gasteiger partial charge in [-0.05, 0) is 31.4 Å². The number of aryl methyl sites for hydroxylation is 1. The molecule has 2 rings (SSSR count). The highest BCUT2D eigenvalue weighted by molar-refractivity contribution is 7.98. The van der Waals surface area contributed by atoms with Crippen molar-refractivity contribution in [1.29, 1.82) is 5.26 Å². The summed E-state index contributed by atoms with van der Waals surface area (Å²) >= 11 is 1.59. The van der Waals surface area contributed by atoms with Crippen LogP contribution in [-0.4, -0.2) is 23.7 Å². The Morgan fingerprint density at radius 3 is 2.43 bits per heavy atom. The fourth-order valence-corrected chi connectivity index (χ4v) is 3.55. The number of nitriles is 1. The number of rotatable bonds is 4. The Kier molecular flexibility index (Phi) is 4.69. The van der Waals surface area contributed by atoms with E-state index < -0.39 is 17.3 Å². The van der Waals surface area contributed by atoms with Gasteiger partial charge in [0.1, 0.15) is 5.60 Å². The van der Waals surface area contributed by atoms with Gasteiger partial charge in [-0.15, -0.1) is 0 Å². The fraction of sp³-hybridized carbons (Fsp3) is 0.438. The molecule has 0 spiro atoms. The van der Waals surface area contributed by atoms with Crippen LogP contribution in [0.2, 0.25) is 0 Å². The molecule has 0 bridgehead atoms. The second kappa shape index (κ2) is 6.10. The number of aromatic nitrogens is 1. The number of nitrogens with zero attached hydrogens (tertiary/aromatic N) is 2. The summed E-state index contributed by atoms with van der Waals surface area (Å²) in [5.74, 6) is 0.658. The Morgan fingerprint density at radius 1 is 1.30 bits per heavy atom. The van der Waals surface area contributed by atoms with E-state index in [0.29, 0.717) is 16.7 Å². The van der Waals surface area contributed by atoms with Crippen molar-refractivity contribution >= 4 is 22.7 Å². The third-order valence-electron chi connectivity index (χ3n) is 4.02. The Bertz CT molecular complexity index is 776. The monoisotopic (exact) mass is 342 g/mol. The van der Waals surface area contributed by atoms with Crippen LogP contribution in [0.4, 0.5) is 13.2 Å². The first-order valence-electron chi connectivity index (χ1n) is 6.83. The standard InChI is InChI=1S/C16H17F3N2OS/c1-15(22-3,9-23-4)14-6-10-5-11(8-20)12(16(17,18)19)7-13(10)21(14)2/h5-7H,9H2,1-4H3. The molecular formula is C16H17F3N2OS. The first-order valence-corrected chi connectivity index (χ1v) is 8.22. The molecule has 1 unspecified atom stereocenters. The molecule has 7 heteroatoms. The second-order valence-corrected chi connectivity index (χ2v) is 6.39. The average molecular weight is 342 g/mol. The van der Waals surface area contributed by atoms with Gasteiger partial charge in [0, 0.05) is 30.8 Å². The van der Waals surface area contributed by atoms with Gasteiger partial charge in [-0.3, -0.25) is 0 Å². The van der Waals surface area contributed by atoms with Gasteiger partial charge in [0.15, 0.2) is 0 Å². The number of ether oxygens (including phenoxy) is 1. The minimum Gasteiger partial charge on any atom is -0.371 e. The number of benzene rings is 1. The lowest BCUT2D eigenvalue weighted by Gasteiger charge is -2.28. The van der Waals surface area contributed by atoms with E-state index in [2.05, 4.69) is 0 Å². The number of fused-ring (bicyclic) bond motifs is 1. The maximum absolute atomic E-state index is 13.1. The highest BCUT2D eigenvalue weighted by Crippen LogP contribution is 2.37. The quantitative estimate of drug-likeness (QED) is 0.832.